The van der Waals surface area contributed by atoms with Crippen molar-refractivity contribution in [3.63, 3.8) is 0 Å². The van der Waals surface area contributed by atoms with E-state index in [1.165, 1.54) is 0 Å². The molecule has 0 bridgehead atoms. The van der Waals surface area contributed by atoms with Crippen LogP contribution in [0.25, 0.3) is 0 Å². The van der Waals surface area contributed by atoms with E-state index in [0.717, 1.165) is 29.7 Å². The predicted molar refractivity (Wildman–Crippen MR) is 61.9 cm³/mol. The first-order chi connectivity index (χ1) is 7.52. The van der Waals surface area contributed by atoms with E-state index in [0.29, 0.717) is 6.42 Å². The second kappa shape index (κ2) is 5.16. The van der Waals surface area contributed by atoms with Gasteiger partial charge in [-0.15, -0.1) is 0 Å². The lowest BCUT2D eigenvalue weighted by Crippen LogP contribution is -2.18. The third-order valence-corrected chi connectivity index (χ3v) is 2.34. The Hall–Kier alpha value is -2.04. The molecule has 0 heterocycles. The van der Waals surface area contributed by atoms with Crippen LogP contribution in [0.1, 0.15) is 28.8 Å². The van der Waals surface area contributed by atoms with Crippen molar-refractivity contribution in [3.05, 3.63) is 29.3 Å². The Morgan fingerprint density at radius 1 is 1.19 bits per heavy atom. The number of nitrogens with two attached hydrogens (primary N) is 3. The van der Waals surface area contributed by atoms with Crippen LogP contribution in [0, 0.1) is 0 Å². The first kappa shape index (κ1) is 12.0. The highest BCUT2D eigenvalue weighted by atomic mass is 16.2. The van der Waals surface area contributed by atoms with Gasteiger partial charge in [0, 0.05) is 17.7 Å². The average Bonchev–Trinajstić information content (AvgIpc) is 2.19. The summed E-state index contributed by atoms with van der Waals surface area (Å²) in [6.45, 7) is 0. The first-order valence-electron chi connectivity index (χ1n) is 4.98. The highest BCUT2D eigenvalue weighted by molar-refractivity contribution is 5.99. The maximum Gasteiger partial charge on any atom is 0.309 e. The molecule has 1 aromatic carbocycles. The number of hydrogen-bond acceptors (Lipinski definition) is 3. The Labute approximate surface area is 93.6 Å². The summed E-state index contributed by atoms with van der Waals surface area (Å²) in [6.07, 6.45) is 2.57. The molecule has 0 aromatic heterocycles. The fourth-order valence-electron chi connectivity index (χ4n) is 1.71. The Bertz CT molecular complexity index is 412. The number of primary amides is 2. The van der Waals surface area contributed by atoms with E-state index in [-0.39, 0.29) is 5.78 Å². The minimum atomic E-state index is -0.833. The highest BCUT2D eigenvalue weighted by Gasteiger charge is 2.17. The van der Waals surface area contributed by atoms with E-state index < -0.39 is 6.03 Å². The molecule has 86 valence electrons. The average molecular weight is 221 g/mol. The second-order valence-electron chi connectivity index (χ2n) is 3.55. The van der Waals surface area contributed by atoms with Crippen molar-refractivity contribution >= 4 is 17.5 Å². The van der Waals surface area contributed by atoms with Crippen molar-refractivity contribution in [1.82, 2.24) is 0 Å². The molecule has 1 aromatic rings. The van der Waals surface area contributed by atoms with Gasteiger partial charge in [0.05, 0.1) is 0 Å². The van der Waals surface area contributed by atoms with Crippen LogP contribution >= 0.6 is 0 Å². The molecule has 0 saturated carbocycles. The fraction of sp³-hybridized carbons (Fsp3) is 0.273. The van der Waals surface area contributed by atoms with Crippen molar-refractivity contribution in [2.24, 2.45) is 11.5 Å². The van der Waals surface area contributed by atoms with E-state index in [4.69, 9.17) is 10.5 Å². The van der Waals surface area contributed by atoms with Gasteiger partial charge in [-0.05, 0) is 24.5 Å². The summed E-state index contributed by atoms with van der Waals surface area (Å²) in [7, 11) is 0. The largest absolute Gasteiger partial charge is 0.398 e. The molecule has 0 atom stereocenters. The smallest absolute Gasteiger partial charge is 0.309 e. The summed E-state index contributed by atoms with van der Waals surface area (Å²) in [5, 5.41) is 0. The van der Waals surface area contributed by atoms with Gasteiger partial charge in [0.15, 0.2) is 5.78 Å². The molecule has 0 radical (unpaired) electrons. The van der Waals surface area contributed by atoms with Crippen LogP contribution in [0.2, 0.25) is 0 Å². The molecule has 1 aliphatic carbocycles. The monoisotopic (exact) mass is 221 g/mol. The normalized spacial score (nSPS) is 13.4. The molecule has 0 fully saturated rings. The van der Waals surface area contributed by atoms with Crippen molar-refractivity contribution < 1.29 is 9.59 Å². The number of carbonyl (C=O) groups excluding carboxylic acids is 2. The SMILES string of the molecule is NC(N)=O.Nc1cccc2c1CCCC2=O. The summed E-state index contributed by atoms with van der Waals surface area (Å²) < 4.78 is 0. The molecule has 0 unspecified atom stereocenters. The van der Waals surface area contributed by atoms with Crippen LogP contribution in [0.4, 0.5) is 10.5 Å². The Balaban J connectivity index is 0.000000280. The van der Waals surface area contributed by atoms with Gasteiger partial charge in [0.2, 0.25) is 0 Å². The van der Waals surface area contributed by atoms with E-state index in [2.05, 4.69) is 11.5 Å². The minimum absolute atomic E-state index is 0.239. The Morgan fingerprint density at radius 2 is 1.81 bits per heavy atom. The molecular formula is C11H15N3O2. The lowest BCUT2D eigenvalue weighted by molar-refractivity contribution is 0.0972. The van der Waals surface area contributed by atoms with Gasteiger partial charge in [-0.1, -0.05) is 12.1 Å². The summed E-state index contributed by atoms with van der Waals surface area (Å²) >= 11 is 0. The third kappa shape index (κ3) is 2.98. The van der Waals surface area contributed by atoms with Crippen LogP contribution in [0.5, 0.6) is 0 Å². The Morgan fingerprint density at radius 3 is 2.38 bits per heavy atom. The number of ketones is 1. The minimum Gasteiger partial charge on any atom is -0.398 e. The molecule has 1 aliphatic rings. The zero-order valence-corrected chi connectivity index (χ0v) is 8.90. The lowest BCUT2D eigenvalue weighted by Gasteiger charge is -2.15. The van der Waals surface area contributed by atoms with E-state index >= 15 is 0 Å². The van der Waals surface area contributed by atoms with E-state index in [1.807, 2.05) is 18.2 Å². The molecule has 2 amide bonds. The first-order valence-corrected chi connectivity index (χ1v) is 4.98. The molecule has 0 aliphatic heterocycles. The number of Topliss-reactive ketones (excluding diaryl/α,β-unsaturated/α-hetero) is 1. The van der Waals surface area contributed by atoms with Crippen molar-refractivity contribution in [1.29, 1.82) is 0 Å². The molecule has 6 N–H and O–H groups in total. The van der Waals surface area contributed by atoms with Crippen LogP contribution in [-0.2, 0) is 6.42 Å². The summed E-state index contributed by atoms with van der Waals surface area (Å²) in [5.41, 5.74) is 16.9. The molecule has 16 heavy (non-hydrogen) atoms. The van der Waals surface area contributed by atoms with Gasteiger partial charge in [0.1, 0.15) is 0 Å². The maximum atomic E-state index is 11.4. The van der Waals surface area contributed by atoms with Gasteiger partial charge in [0.25, 0.3) is 0 Å². The van der Waals surface area contributed by atoms with Gasteiger partial charge in [-0.3, -0.25) is 4.79 Å². The van der Waals surface area contributed by atoms with E-state index in [9.17, 15) is 4.79 Å². The topological polar surface area (TPSA) is 112 Å². The maximum absolute atomic E-state index is 11.4. The number of carbonyl (C=O) groups is 2. The highest BCUT2D eigenvalue weighted by Crippen LogP contribution is 2.25. The van der Waals surface area contributed by atoms with Gasteiger partial charge < -0.3 is 17.2 Å². The van der Waals surface area contributed by atoms with E-state index in [1.54, 1.807) is 0 Å². The number of anilines is 1. The standard InChI is InChI=1S/C10H11NO.CH4N2O/c11-9-5-1-4-8-7(9)3-2-6-10(8)12;2-1(3)4/h1,4-5H,2-3,6,11H2;(H4,2,3,4). The Kier molecular flexibility index (Phi) is 3.88. The van der Waals surface area contributed by atoms with Crippen molar-refractivity contribution in [2.75, 3.05) is 5.73 Å². The predicted octanol–water partition coefficient (Wildman–Crippen LogP) is 0.812. The second-order valence-corrected chi connectivity index (χ2v) is 3.55. The molecule has 5 heteroatoms. The van der Waals surface area contributed by atoms with Gasteiger partial charge in [-0.25, -0.2) is 4.79 Å². The van der Waals surface area contributed by atoms with Crippen LogP contribution < -0.4 is 17.2 Å². The summed E-state index contributed by atoms with van der Waals surface area (Å²) in [4.78, 5) is 20.4. The summed E-state index contributed by atoms with van der Waals surface area (Å²) in [5.74, 6) is 0.239. The fourth-order valence-corrected chi connectivity index (χ4v) is 1.71. The molecule has 0 saturated heterocycles. The molecule has 5 nitrogen and oxygen atoms in total. The zero-order valence-electron chi connectivity index (χ0n) is 8.90. The molecule has 2 rings (SSSR count). The number of rotatable bonds is 0. The van der Waals surface area contributed by atoms with Crippen molar-refractivity contribution in [3.8, 4) is 0 Å². The van der Waals surface area contributed by atoms with Gasteiger partial charge >= 0.3 is 6.03 Å². The lowest BCUT2D eigenvalue weighted by atomic mass is 9.90. The number of nitrogen functional groups attached to an aromatic ring is 1. The molecule has 0 spiro atoms. The quantitative estimate of drug-likeness (QED) is 0.563. The number of amides is 2. The number of benzene rings is 1. The number of fused-ring (bicyclic) bond motifs is 1. The third-order valence-electron chi connectivity index (χ3n) is 2.34. The molecular weight excluding hydrogens is 206 g/mol. The van der Waals surface area contributed by atoms with Gasteiger partial charge in [-0.2, -0.15) is 0 Å². The van der Waals surface area contributed by atoms with Crippen LogP contribution in [-0.4, -0.2) is 11.8 Å². The summed E-state index contributed by atoms with van der Waals surface area (Å²) in [6, 6.07) is 4.74. The van der Waals surface area contributed by atoms with Crippen LogP contribution in [0.15, 0.2) is 18.2 Å². The van der Waals surface area contributed by atoms with Crippen LogP contribution in [0.3, 0.4) is 0 Å². The van der Waals surface area contributed by atoms with Crippen molar-refractivity contribution in [2.45, 2.75) is 19.3 Å². The number of urea groups is 1. The zero-order chi connectivity index (χ0) is 12.1. The number of hydrogen-bond donors (Lipinski definition) is 3.